The van der Waals surface area contributed by atoms with Gasteiger partial charge in [0.15, 0.2) is 0 Å². The molecule has 5 heteroatoms. The van der Waals surface area contributed by atoms with Gasteiger partial charge in [0.25, 0.3) is 0 Å². The summed E-state index contributed by atoms with van der Waals surface area (Å²) in [5.41, 5.74) is 1.61. The van der Waals surface area contributed by atoms with Gasteiger partial charge in [-0.2, -0.15) is 0 Å². The topological polar surface area (TPSA) is 63.6 Å². The largest absolute Gasteiger partial charge is 0.508 e. The third kappa shape index (κ3) is 2.52. The fraction of sp³-hybridized carbons (Fsp3) is 0.125. The van der Waals surface area contributed by atoms with Crippen LogP contribution in [0.25, 0.3) is 6.08 Å². The van der Waals surface area contributed by atoms with Crippen molar-refractivity contribution in [2.24, 2.45) is 0 Å². The molecule has 0 saturated carbocycles. The molecule has 21 heavy (non-hydrogen) atoms. The quantitative estimate of drug-likeness (QED) is 0.947. The second kappa shape index (κ2) is 4.93. The number of aryl methyl sites for hydroxylation is 1. The molecule has 0 unspecified atom stereocenters. The smallest absolute Gasteiger partial charge is 0.206 e. The lowest BCUT2D eigenvalue weighted by Gasteiger charge is -2.07. The Morgan fingerprint density at radius 2 is 1.81 bits per heavy atom. The number of phenols is 1. The van der Waals surface area contributed by atoms with Crippen LogP contribution in [-0.2, 0) is 9.84 Å². The summed E-state index contributed by atoms with van der Waals surface area (Å²) < 4.78 is 30.3. The highest BCUT2D eigenvalue weighted by Gasteiger charge is 2.29. The number of hydrogen-bond donors (Lipinski definition) is 1. The summed E-state index contributed by atoms with van der Waals surface area (Å²) in [6.45, 7) is 1.83. The fourth-order valence-corrected chi connectivity index (χ4v) is 3.76. The molecule has 108 valence electrons. The molecule has 2 aromatic carbocycles. The zero-order valence-corrected chi connectivity index (χ0v) is 12.2. The minimum atomic E-state index is -3.46. The zero-order valence-electron chi connectivity index (χ0n) is 11.4. The lowest BCUT2D eigenvalue weighted by molar-refractivity contribution is 0.358. The van der Waals surface area contributed by atoms with Crippen molar-refractivity contribution in [2.75, 3.05) is 6.61 Å². The molecule has 3 rings (SSSR count). The van der Waals surface area contributed by atoms with Crippen molar-refractivity contribution < 1.29 is 18.3 Å². The van der Waals surface area contributed by atoms with E-state index in [0.29, 0.717) is 16.2 Å². The Morgan fingerprint density at radius 1 is 1.10 bits per heavy atom. The van der Waals surface area contributed by atoms with Gasteiger partial charge in [-0.15, -0.1) is 0 Å². The molecule has 0 radical (unpaired) electrons. The average molecular weight is 302 g/mol. The van der Waals surface area contributed by atoms with E-state index in [1.807, 2.05) is 13.0 Å². The number of benzene rings is 2. The first-order chi connectivity index (χ1) is 9.96. The monoisotopic (exact) mass is 302 g/mol. The maximum absolute atomic E-state index is 12.4. The second-order valence-corrected chi connectivity index (χ2v) is 6.91. The first-order valence-corrected chi connectivity index (χ1v) is 7.93. The van der Waals surface area contributed by atoms with Gasteiger partial charge in [-0.25, -0.2) is 8.42 Å². The van der Waals surface area contributed by atoms with E-state index in [1.54, 1.807) is 30.3 Å². The summed E-state index contributed by atoms with van der Waals surface area (Å²) in [5, 5.41) is 9.20. The molecule has 0 spiro atoms. The molecule has 0 fully saturated rings. The first kappa shape index (κ1) is 13.7. The molecule has 0 aromatic heterocycles. The van der Waals surface area contributed by atoms with Crippen LogP contribution >= 0.6 is 0 Å². The van der Waals surface area contributed by atoms with E-state index in [2.05, 4.69) is 0 Å². The second-order valence-electron chi connectivity index (χ2n) is 4.94. The molecule has 0 bridgehead atoms. The van der Waals surface area contributed by atoms with Crippen LogP contribution in [0.15, 0.2) is 52.3 Å². The van der Waals surface area contributed by atoms with Gasteiger partial charge >= 0.3 is 0 Å². The summed E-state index contributed by atoms with van der Waals surface area (Å²) in [6, 6.07) is 11.5. The van der Waals surface area contributed by atoms with Gasteiger partial charge < -0.3 is 9.84 Å². The van der Waals surface area contributed by atoms with Crippen LogP contribution in [-0.4, -0.2) is 20.1 Å². The summed E-state index contributed by atoms with van der Waals surface area (Å²) in [4.78, 5) is 0.586. The van der Waals surface area contributed by atoms with E-state index in [9.17, 15) is 13.5 Å². The molecule has 4 nitrogen and oxygen atoms in total. The minimum absolute atomic E-state index is 0.0269. The Bertz CT molecular complexity index is 818. The Kier molecular flexibility index (Phi) is 3.22. The molecule has 1 aliphatic heterocycles. The number of ether oxygens (including phenoxy) is 1. The van der Waals surface area contributed by atoms with Gasteiger partial charge in [-0.3, -0.25) is 0 Å². The van der Waals surface area contributed by atoms with E-state index in [0.717, 1.165) is 5.56 Å². The van der Waals surface area contributed by atoms with Crippen molar-refractivity contribution in [3.8, 4) is 11.5 Å². The number of aromatic hydroxyl groups is 1. The Labute approximate surface area is 123 Å². The highest BCUT2D eigenvalue weighted by Crippen LogP contribution is 2.33. The molecule has 0 atom stereocenters. The molecular weight excluding hydrogens is 288 g/mol. The Balaban J connectivity index is 1.83. The van der Waals surface area contributed by atoms with Crippen LogP contribution in [0.1, 0.15) is 11.1 Å². The average Bonchev–Trinajstić information content (AvgIpc) is 2.70. The van der Waals surface area contributed by atoms with Crippen molar-refractivity contribution >= 4 is 15.9 Å². The van der Waals surface area contributed by atoms with E-state index in [1.165, 1.54) is 12.1 Å². The maximum Gasteiger partial charge on any atom is 0.206 e. The van der Waals surface area contributed by atoms with Crippen molar-refractivity contribution in [1.29, 1.82) is 0 Å². The minimum Gasteiger partial charge on any atom is -0.508 e. The Hall–Kier alpha value is -2.27. The van der Waals surface area contributed by atoms with Crippen LogP contribution in [0.5, 0.6) is 11.5 Å². The lowest BCUT2D eigenvalue weighted by atomic mass is 10.1. The van der Waals surface area contributed by atoms with Gasteiger partial charge in [0, 0.05) is 0 Å². The third-order valence-electron chi connectivity index (χ3n) is 3.34. The number of rotatable bonds is 3. The summed E-state index contributed by atoms with van der Waals surface area (Å²) in [6.07, 6.45) is 1.64. The Morgan fingerprint density at radius 3 is 2.52 bits per heavy atom. The number of sulfone groups is 1. The van der Waals surface area contributed by atoms with Crippen molar-refractivity contribution in [1.82, 2.24) is 0 Å². The fourth-order valence-electron chi connectivity index (χ4n) is 2.20. The van der Waals surface area contributed by atoms with Crippen LogP contribution < -0.4 is 4.74 Å². The van der Waals surface area contributed by atoms with Crippen LogP contribution in [0, 0.1) is 6.92 Å². The number of hydrogen-bond acceptors (Lipinski definition) is 4. The zero-order chi connectivity index (χ0) is 15.0. The summed E-state index contributed by atoms with van der Waals surface area (Å²) in [7, 11) is -3.46. The SMILES string of the molecule is Cc1ccc2c(c1)S(=O)(=O)C(COc1ccc(O)cc1)=C2. The molecule has 0 aliphatic carbocycles. The van der Waals surface area contributed by atoms with Gasteiger partial charge in [-0.05, 0) is 54.5 Å². The van der Waals surface area contributed by atoms with Crippen molar-refractivity contribution in [3.05, 3.63) is 58.5 Å². The number of phenolic OH excluding ortho intramolecular Hbond substituents is 1. The van der Waals surface area contributed by atoms with Crippen LogP contribution in [0.2, 0.25) is 0 Å². The van der Waals surface area contributed by atoms with E-state index in [-0.39, 0.29) is 17.3 Å². The van der Waals surface area contributed by atoms with Crippen LogP contribution in [0.4, 0.5) is 0 Å². The molecule has 0 saturated heterocycles. The highest BCUT2D eigenvalue weighted by molar-refractivity contribution is 7.95. The molecule has 1 N–H and O–H groups in total. The molecule has 2 aromatic rings. The van der Waals surface area contributed by atoms with Gasteiger partial charge in [-0.1, -0.05) is 12.1 Å². The molecule has 0 amide bonds. The number of fused-ring (bicyclic) bond motifs is 1. The first-order valence-electron chi connectivity index (χ1n) is 6.45. The van der Waals surface area contributed by atoms with Gasteiger partial charge in [0.1, 0.15) is 18.1 Å². The van der Waals surface area contributed by atoms with Crippen molar-refractivity contribution in [3.63, 3.8) is 0 Å². The van der Waals surface area contributed by atoms with Crippen molar-refractivity contribution in [2.45, 2.75) is 11.8 Å². The van der Waals surface area contributed by atoms with E-state index in [4.69, 9.17) is 4.74 Å². The van der Waals surface area contributed by atoms with E-state index < -0.39 is 9.84 Å². The van der Waals surface area contributed by atoms with Gasteiger partial charge in [0.05, 0.1) is 9.80 Å². The predicted molar refractivity (Wildman–Crippen MR) is 79.9 cm³/mol. The van der Waals surface area contributed by atoms with E-state index >= 15 is 0 Å². The summed E-state index contributed by atoms with van der Waals surface area (Å²) in [5.74, 6) is 0.647. The standard InChI is InChI=1S/C16H14O4S/c1-11-2-3-12-9-15(21(18,19)16(12)8-11)10-20-14-6-4-13(17)5-7-14/h2-9,17H,10H2,1H3. The van der Waals surface area contributed by atoms with Gasteiger partial charge in [0.2, 0.25) is 9.84 Å². The molecular formula is C16H14O4S. The molecule has 1 aliphatic rings. The highest BCUT2D eigenvalue weighted by atomic mass is 32.2. The third-order valence-corrected chi connectivity index (χ3v) is 5.20. The predicted octanol–water partition coefficient (Wildman–Crippen LogP) is 2.91. The van der Waals surface area contributed by atoms with Crippen LogP contribution in [0.3, 0.4) is 0 Å². The molecule has 1 heterocycles. The normalized spacial score (nSPS) is 15.4. The maximum atomic E-state index is 12.4. The summed E-state index contributed by atoms with van der Waals surface area (Å²) >= 11 is 0. The lowest BCUT2D eigenvalue weighted by Crippen LogP contribution is -2.09.